The van der Waals surface area contributed by atoms with Crippen molar-refractivity contribution in [2.75, 3.05) is 82.3 Å². The third-order valence-corrected chi connectivity index (χ3v) is 16.9. The van der Waals surface area contributed by atoms with Gasteiger partial charge in [-0.05, 0) is 71.2 Å². The Bertz CT molecular complexity index is 3130. The van der Waals surface area contributed by atoms with Crippen LogP contribution in [0.2, 0.25) is 0 Å². The summed E-state index contributed by atoms with van der Waals surface area (Å²) in [5.74, 6) is -1.91. The number of carbonyl (C=O) groups is 5. The van der Waals surface area contributed by atoms with Crippen LogP contribution in [0.3, 0.4) is 0 Å². The number of halogens is 3. The maximum atomic E-state index is 14.1. The van der Waals surface area contributed by atoms with E-state index in [-0.39, 0.29) is 49.6 Å². The molecule has 5 heterocycles. The Kier molecular flexibility index (Phi) is 22.5. The number of aliphatic hydroxyl groups is 1. The van der Waals surface area contributed by atoms with Gasteiger partial charge in [0.05, 0.1) is 57.9 Å². The Morgan fingerprint density at radius 3 is 2.12 bits per heavy atom. The van der Waals surface area contributed by atoms with Gasteiger partial charge in [0.25, 0.3) is 5.91 Å². The SMILES string of the molecule is Cc1ncsc1-c1ccc(CNC(=O)[C@@H]2C[C@@H](O)CN2C(=O)[C@@H](NC(=O)CCCCCCCCCC(=O)NCCN2CCN(Cc3cccc(-c4ccc(N5CCOCC5)c(NC(=O)c5c[nH]c(=O)cc5C(F)(F)F)c4)c3)CC2)C(C)(C)C)cc1. The lowest BCUT2D eigenvalue weighted by Crippen LogP contribution is -2.57. The van der Waals surface area contributed by atoms with Gasteiger partial charge in [-0.25, -0.2) is 4.98 Å². The Morgan fingerprint density at radius 1 is 0.788 bits per heavy atom. The molecule has 3 atom stereocenters. The second-order valence-corrected chi connectivity index (χ2v) is 24.3. The molecule has 8 rings (SSSR count). The largest absolute Gasteiger partial charge is 0.417 e. The Balaban J connectivity index is 0.687. The molecule has 0 unspecified atom stereocenters. The first-order valence-corrected chi connectivity index (χ1v) is 30.5. The maximum Gasteiger partial charge on any atom is 0.417 e. The number of piperazine rings is 1. The molecule has 0 saturated carbocycles. The first-order valence-electron chi connectivity index (χ1n) is 29.6. The van der Waals surface area contributed by atoms with Crippen molar-refractivity contribution >= 4 is 52.2 Å². The molecule has 2 aromatic heterocycles. The summed E-state index contributed by atoms with van der Waals surface area (Å²) in [6.45, 7) is 15.3. The summed E-state index contributed by atoms with van der Waals surface area (Å²) in [6, 6.07) is 20.2. The highest BCUT2D eigenvalue weighted by Gasteiger charge is 2.44. The van der Waals surface area contributed by atoms with E-state index in [1.54, 1.807) is 17.4 Å². The lowest BCUT2D eigenvalue weighted by atomic mass is 9.85. The number of carbonyl (C=O) groups excluding carboxylic acids is 5. The van der Waals surface area contributed by atoms with Gasteiger partial charge in [-0.15, -0.1) is 11.3 Å². The standard InChI is InChI=1S/C63H81F3N10O8S/c1-42-57(85-41-70-42)45-19-17-43(18-20-45)37-69-60(82)53-35-48(77)40-76(53)61(83)58(62(2,3)4)72-55(79)16-11-9-7-5-6-8-10-15-54(78)67-23-24-73-25-27-74(28-26-73)39-44-13-12-14-46(33-44)47-21-22-52(75-29-31-84-32-30-75)51(34-47)71-59(81)49-38-68-56(80)36-50(49)63(64,65)66/h12-14,17-22,33-34,36,38,41,48,53,58,77H,5-11,15-16,23-32,35,37,39-40H2,1-4H3,(H,67,78)(H,68,80)(H,69,82)(H,71,81)(H,72,79)/t48-,53+,58-/m1/s1. The number of alkyl halides is 3. The zero-order valence-electron chi connectivity index (χ0n) is 49.2. The number of unbranched alkanes of at least 4 members (excludes halogenated alkanes) is 6. The number of thiazole rings is 1. The van der Waals surface area contributed by atoms with Crippen molar-refractivity contribution in [2.45, 2.75) is 129 Å². The summed E-state index contributed by atoms with van der Waals surface area (Å²) < 4.78 is 47.2. The molecule has 85 heavy (non-hydrogen) atoms. The molecule has 0 spiro atoms. The van der Waals surface area contributed by atoms with E-state index in [4.69, 9.17) is 4.74 Å². The third kappa shape index (κ3) is 18.3. The number of aryl methyl sites for hydroxylation is 1. The Hall–Kier alpha value is -6.98. The number of anilines is 2. The second kappa shape index (κ2) is 29.9. The summed E-state index contributed by atoms with van der Waals surface area (Å²) in [7, 11) is 0. The number of H-pyrrole nitrogens is 1. The first-order chi connectivity index (χ1) is 40.7. The van der Waals surface area contributed by atoms with Crippen molar-refractivity contribution in [3.05, 3.63) is 123 Å². The number of aromatic amines is 1. The first kappa shape index (κ1) is 64.0. The maximum absolute atomic E-state index is 14.1. The van der Waals surface area contributed by atoms with Gasteiger partial charge in [-0.3, -0.25) is 38.6 Å². The molecule has 3 aliphatic rings. The van der Waals surface area contributed by atoms with Crippen molar-refractivity contribution < 1.29 is 47.0 Å². The molecule has 5 aromatic rings. The van der Waals surface area contributed by atoms with Crippen LogP contribution in [0.15, 0.2) is 89.3 Å². The number of pyridine rings is 1. The molecule has 18 nitrogen and oxygen atoms in total. The molecule has 3 fully saturated rings. The van der Waals surface area contributed by atoms with Crippen LogP contribution in [0.5, 0.6) is 0 Å². The van der Waals surface area contributed by atoms with Crippen LogP contribution in [-0.2, 0) is 43.2 Å². The smallest absolute Gasteiger partial charge is 0.391 e. The van der Waals surface area contributed by atoms with E-state index in [1.165, 1.54) is 4.90 Å². The van der Waals surface area contributed by atoms with Gasteiger partial charge >= 0.3 is 6.18 Å². The zero-order chi connectivity index (χ0) is 60.7. The number of β-amino-alcohol motifs (C(OH)–C–C–N with tert-alkyl or cyclic N) is 1. The monoisotopic (exact) mass is 1190 g/mol. The fourth-order valence-corrected chi connectivity index (χ4v) is 12.0. The van der Waals surface area contributed by atoms with E-state index in [9.17, 15) is 47.0 Å². The predicted octanol–water partition coefficient (Wildman–Crippen LogP) is 8.14. The van der Waals surface area contributed by atoms with Gasteiger partial charge in [-0.2, -0.15) is 13.2 Å². The van der Waals surface area contributed by atoms with Crippen LogP contribution in [0, 0.1) is 12.3 Å². The van der Waals surface area contributed by atoms with E-state index < -0.39 is 52.4 Å². The lowest BCUT2D eigenvalue weighted by molar-refractivity contribution is -0.144. The van der Waals surface area contributed by atoms with Crippen molar-refractivity contribution in [1.82, 2.24) is 40.6 Å². The average molecular weight is 1200 g/mol. The summed E-state index contributed by atoms with van der Waals surface area (Å²) in [5.41, 5.74) is 4.84. The van der Waals surface area contributed by atoms with E-state index in [0.717, 1.165) is 116 Å². The summed E-state index contributed by atoms with van der Waals surface area (Å²) in [5, 5.41) is 22.3. The number of likely N-dealkylation sites (tertiary alicyclic amines) is 1. The van der Waals surface area contributed by atoms with E-state index in [2.05, 4.69) is 53.2 Å². The topological polar surface area (TPSA) is 222 Å². The second-order valence-electron chi connectivity index (χ2n) is 23.5. The number of aromatic nitrogens is 2. The molecule has 0 bridgehead atoms. The fourth-order valence-electron chi connectivity index (χ4n) is 11.2. The summed E-state index contributed by atoms with van der Waals surface area (Å²) in [6.07, 6.45) is 2.10. The minimum absolute atomic E-state index is 0.0114. The highest BCUT2D eigenvalue weighted by Crippen LogP contribution is 2.36. The molecule has 5 amide bonds. The number of hydrogen-bond acceptors (Lipinski definition) is 13. The molecule has 458 valence electrons. The van der Waals surface area contributed by atoms with Crippen LogP contribution >= 0.6 is 11.3 Å². The number of ether oxygens (including phenoxy) is 1. The molecule has 3 aromatic carbocycles. The number of nitrogens with zero attached hydrogens (tertiary/aromatic N) is 5. The van der Waals surface area contributed by atoms with Gasteiger partial charge in [0.2, 0.25) is 29.2 Å². The molecule has 0 radical (unpaired) electrons. The van der Waals surface area contributed by atoms with Crippen LogP contribution < -0.4 is 31.7 Å². The normalized spacial score (nSPS) is 17.4. The van der Waals surface area contributed by atoms with Crippen molar-refractivity contribution in [2.24, 2.45) is 5.41 Å². The number of amides is 5. The van der Waals surface area contributed by atoms with E-state index in [1.807, 2.05) is 86.6 Å². The number of aliphatic hydroxyl groups excluding tert-OH is 1. The van der Waals surface area contributed by atoms with Crippen LogP contribution in [0.1, 0.15) is 118 Å². The number of morpholine rings is 1. The minimum atomic E-state index is -4.91. The minimum Gasteiger partial charge on any atom is -0.391 e. The van der Waals surface area contributed by atoms with Gasteiger partial charge < -0.3 is 45.9 Å². The molecule has 22 heteroatoms. The third-order valence-electron chi connectivity index (χ3n) is 16.0. The summed E-state index contributed by atoms with van der Waals surface area (Å²) in [4.78, 5) is 94.5. The number of nitrogens with one attached hydrogen (secondary N) is 5. The fraction of sp³-hybridized carbons (Fsp3) is 0.508. The number of rotatable bonds is 25. The van der Waals surface area contributed by atoms with Crippen LogP contribution in [0.4, 0.5) is 24.5 Å². The van der Waals surface area contributed by atoms with Crippen LogP contribution in [-0.4, -0.2) is 150 Å². The van der Waals surface area contributed by atoms with E-state index in [0.29, 0.717) is 69.7 Å². The number of hydrogen-bond donors (Lipinski definition) is 6. The summed E-state index contributed by atoms with van der Waals surface area (Å²) >= 11 is 1.57. The van der Waals surface area contributed by atoms with Gasteiger partial charge in [0.1, 0.15) is 12.1 Å². The number of benzene rings is 3. The molecular formula is C63H81F3N10O8S. The Labute approximate surface area is 499 Å². The Morgan fingerprint density at radius 2 is 1.45 bits per heavy atom. The molecule has 0 aliphatic carbocycles. The van der Waals surface area contributed by atoms with Gasteiger partial charge in [0, 0.05) is 104 Å². The average Bonchev–Trinajstić information content (AvgIpc) is 3.02. The predicted molar refractivity (Wildman–Crippen MR) is 323 cm³/mol. The highest BCUT2D eigenvalue weighted by molar-refractivity contribution is 7.13. The highest BCUT2D eigenvalue weighted by atomic mass is 32.1. The molecule has 3 aliphatic heterocycles. The van der Waals surface area contributed by atoms with Gasteiger partial charge in [-0.1, -0.05) is 101 Å². The van der Waals surface area contributed by atoms with Crippen molar-refractivity contribution in [1.29, 1.82) is 0 Å². The molecule has 3 saturated heterocycles. The van der Waals surface area contributed by atoms with Crippen molar-refractivity contribution in [3.63, 3.8) is 0 Å². The lowest BCUT2D eigenvalue weighted by Gasteiger charge is -2.35. The van der Waals surface area contributed by atoms with E-state index >= 15 is 0 Å². The molecular weight excluding hydrogens is 1110 g/mol. The molecule has 6 N–H and O–H groups in total. The van der Waals surface area contributed by atoms with Crippen molar-refractivity contribution in [3.8, 4) is 21.6 Å². The zero-order valence-corrected chi connectivity index (χ0v) is 50.0. The quantitative estimate of drug-likeness (QED) is 0.0305. The van der Waals surface area contributed by atoms with Crippen LogP contribution in [0.25, 0.3) is 21.6 Å². The van der Waals surface area contributed by atoms with Gasteiger partial charge in [0.15, 0.2) is 0 Å².